The first-order valence-corrected chi connectivity index (χ1v) is 8.80. The zero-order valence-electron chi connectivity index (χ0n) is 15.3. The summed E-state index contributed by atoms with van der Waals surface area (Å²) in [7, 11) is 0. The number of aromatic nitrogens is 4. The highest BCUT2D eigenvalue weighted by Crippen LogP contribution is 2.22. The van der Waals surface area contributed by atoms with Gasteiger partial charge in [-0.2, -0.15) is 14.9 Å². The number of nitrogens with one attached hydrogen (secondary N) is 1. The van der Waals surface area contributed by atoms with Gasteiger partial charge in [-0.15, -0.1) is 0 Å². The summed E-state index contributed by atoms with van der Waals surface area (Å²) in [6.45, 7) is 10.5. The normalized spacial score (nSPS) is 11.6. The van der Waals surface area contributed by atoms with E-state index in [4.69, 9.17) is 12.2 Å². The smallest absolute Gasteiger partial charge is 0.216 e. The predicted molar refractivity (Wildman–Crippen MR) is 104 cm³/mol. The molecule has 1 N–H and O–H groups in total. The zero-order valence-corrected chi connectivity index (χ0v) is 16.1. The minimum absolute atomic E-state index is 0.510. The fraction of sp³-hybridized carbons (Fsp3) is 0.316. The molecule has 25 heavy (non-hydrogen) atoms. The molecule has 0 spiro atoms. The Morgan fingerprint density at radius 2 is 1.92 bits per heavy atom. The molecular formula is C19H23N5S. The lowest BCUT2D eigenvalue weighted by atomic mass is 10.1. The van der Waals surface area contributed by atoms with Gasteiger partial charge in [0.05, 0.1) is 6.21 Å². The number of hydrogen-bond donors (Lipinski definition) is 1. The lowest BCUT2D eigenvalue weighted by Gasteiger charge is -2.11. The molecule has 0 radical (unpaired) electrons. The summed E-state index contributed by atoms with van der Waals surface area (Å²) in [5, 5.41) is 11.5. The van der Waals surface area contributed by atoms with Crippen molar-refractivity contribution in [1.82, 2.24) is 19.4 Å². The topological polar surface area (TPSA) is 50.9 Å². The molecule has 0 aliphatic carbocycles. The Morgan fingerprint density at radius 3 is 2.60 bits per heavy atom. The maximum atomic E-state index is 5.25. The van der Waals surface area contributed by atoms with Crippen molar-refractivity contribution in [3.05, 3.63) is 62.9 Å². The van der Waals surface area contributed by atoms with Crippen LogP contribution < -0.4 is 0 Å². The summed E-state index contributed by atoms with van der Waals surface area (Å²) in [6, 6.07) is 8.68. The lowest BCUT2D eigenvalue weighted by Crippen LogP contribution is -2.01. The Labute approximate surface area is 153 Å². The maximum absolute atomic E-state index is 5.25. The van der Waals surface area contributed by atoms with E-state index in [0.29, 0.717) is 4.77 Å². The van der Waals surface area contributed by atoms with Crippen LogP contribution in [0.2, 0.25) is 0 Å². The number of benzene rings is 1. The van der Waals surface area contributed by atoms with E-state index in [2.05, 4.69) is 71.8 Å². The van der Waals surface area contributed by atoms with E-state index in [0.717, 1.165) is 23.5 Å². The van der Waals surface area contributed by atoms with Crippen LogP contribution in [-0.2, 0) is 6.42 Å². The standard InChI is InChI=1S/C19H23N5S/c1-6-18-21-22-19(25)24(18)20-11-16-10-14(4)23(15(16)5)17-8-7-12(2)13(3)9-17/h7-11H,6H2,1-5H3,(H,22,25)/b20-11-. The Morgan fingerprint density at radius 1 is 1.16 bits per heavy atom. The Hall–Kier alpha value is -2.47. The van der Waals surface area contributed by atoms with Gasteiger partial charge in [0.1, 0.15) is 0 Å². The van der Waals surface area contributed by atoms with Crippen LogP contribution in [-0.4, -0.2) is 25.7 Å². The van der Waals surface area contributed by atoms with Crippen LogP contribution in [0.3, 0.4) is 0 Å². The molecule has 0 aliphatic rings. The van der Waals surface area contributed by atoms with Crippen molar-refractivity contribution in [2.45, 2.75) is 41.0 Å². The van der Waals surface area contributed by atoms with E-state index in [1.165, 1.54) is 22.5 Å². The van der Waals surface area contributed by atoms with E-state index in [1.54, 1.807) is 4.68 Å². The minimum atomic E-state index is 0.510. The summed E-state index contributed by atoms with van der Waals surface area (Å²) in [4.78, 5) is 0. The van der Waals surface area contributed by atoms with Crippen LogP contribution >= 0.6 is 12.2 Å². The van der Waals surface area contributed by atoms with E-state index < -0.39 is 0 Å². The number of aromatic amines is 1. The highest BCUT2D eigenvalue weighted by atomic mass is 32.1. The van der Waals surface area contributed by atoms with Gasteiger partial charge in [0.15, 0.2) is 5.82 Å². The third-order valence-corrected chi connectivity index (χ3v) is 4.83. The Balaban J connectivity index is 2.02. The third-order valence-electron chi connectivity index (χ3n) is 4.56. The average Bonchev–Trinajstić information content (AvgIpc) is 3.07. The van der Waals surface area contributed by atoms with E-state index in [1.807, 2.05) is 13.1 Å². The molecule has 0 atom stereocenters. The first-order chi connectivity index (χ1) is 11.9. The molecule has 130 valence electrons. The number of hydrogen-bond acceptors (Lipinski definition) is 3. The van der Waals surface area contributed by atoms with E-state index >= 15 is 0 Å². The fourth-order valence-corrected chi connectivity index (χ4v) is 3.17. The quantitative estimate of drug-likeness (QED) is 0.558. The van der Waals surface area contributed by atoms with Gasteiger partial charge in [-0.1, -0.05) is 13.0 Å². The fourth-order valence-electron chi connectivity index (χ4n) is 2.97. The average molecular weight is 353 g/mol. The van der Waals surface area contributed by atoms with Crippen molar-refractivity contribution in [2.24, 2.45) is 5.10 Å². The minimum Gasteiger partial charge on any atom is -0.318 e. The van der Waals surface area contributed by atoms with Crippen LogP contribution in [0.4, 0.5) is 0 Å². The second-order valence-electron chi connectivity index (χ2n) is 6.29. The number of nitrogens with zero attached hydrogens (tertiary/aromatic N) is 4. The van der Waals surface area contributed by atoms with Gasteiger partial charge in [-0.05, 0) is 69.2 Å². The summed E-state index contributed by atoms with van der Waals surface area (Å²) < 4.78 is 4.44. The molecule has 0 bridgehead atoms. The van der Waals surface area contributed by atoms with Crippen LogP contribution in [0.25, 0.3) is 5.69 Å². The van der Waals surface area contributed by atoms with Crippen molar-refractivity contribution in [2.75, 3.05) is 0 Å². The first-order valence-electron chi connectivity index (χ1n) is 8.39. The van der Waals surface area contributed by atoms with E-state index in [-0.39, 0.29) is 0 Å². The molecule has 3 aromatic rings. The molecule has 0 unspecified atom stereocenters. The molecule has 6 heteroatoms. The van der Waals surface area contributed by atoms with Crippen LogP contribution in [0.5, 0.6) is 0 Å². The SMILES string of the molecule is CCc1n[nH]c(=S)n1/N=C\c1cc(C)n(-c2ccc(C)c(C)c2)c1C. The van der Waals surface area contributed by atoms with Gasteiger partial charge in [0.25, 0.3) is 0 Å². The highest BCUT2D eigenvalue weighted by Gasteiger charge is 2.10. The molecule has 0 saturated carbocycles. The molecule has 5 nitrogen and oxygen atoms in total. The van der Waals surface area contributed by atoms with Gasteiger partial charge < -0.3 is 4.57 Å². The second kappa shape index (κ2) is 6.80. The summed E-state index contributed by atoms with van der Waals surface area (Å²) >= 11 is 5.25. The molecule has 2 heterocycles. The maximum Gasteiger partial charge on any atom is 0.216 e. The monoisotopic (exact) mass is 353 g/mol. The van der Waals surface area contributed by atoms with Gasteiger partial charge >= 0.3 is 0 Å². The van der Waals surface area contributed by atoms with Crippen molar-refractivity contribution in [3.8, 4) is 5.69 Å². The summed E-state index contributed by atoms with van der Waals surface area (Å²) in [6.07, 6.45) is 2.62. The molecule has 0 saturated heterocycles. The largest absolute Gasteiger partial charge is 0.318 e. The summed E-state index contributed by atoms with van der Waals surface area (Å²) in [5.74, 6) is 0.823. The zero-order chi connectivity index (χ0) is 18.1. The van der Waals surface area contributed by atoms with Crippen molar-refractivity contribution >= 4 is 18.4 Å². The second-order valence-corrected chi connectivity index (χ2v) is 6.67. The molecule has 3 rings (SSSR count). The van der Waals surface area contributed by atoms with Crippen molar-refractivity contribution < 1.29 is 0 Å². The first kappa shape index (κ1) is 17.4. The third kappa shape index (κ3) is 3.22. The van der Waals surface area contributed by atoms with Gasteiger partial charge in [0.2, 0.25) is 4.77 Å². The number of rotatable bonds is 4. The van der Waals surface area contributed by atoms with Gasteiger partial charge in [-0.3, -0.25) is 5.10 Å². The van der Waals surface area contributed by atoms with Crippen molar-refractivity contribution in [3.63, 3.8) is 0 Å². The number of aryl methyl sites for hydroxylation is 4. The van der Waals surface area contributed by atoms with Crippen LogP contribution in [0.15, 0.2) is 29.4 Å². The Kier molecular flexibility index (Phi) is 4.72. The lowest BCUT2D eigenvalue weighted by molar-refractivity contribution is 0.780. The van der Waals surface area contributed by atoms with Crippen molar-refractivity contribution in [1.29, 1.82) is 0 Å². The molecule has 0 fully saturated rings. The van der Waals surface area contributed by atoms with Gasteiger partial charge in [-0.25, -0.2) is 0 Å². The molecule has 0 aliphatic heterocycles. The molecule has 2 aromatic heterocycles. The van der Waals surface area contributed by atoms with E-state index in [9.17, 15) is 0 Å². The predicted octanol–water partition coefficient (Wildman–Crippen LogP) is 4.41. The van der Waals surface area contributed by atoms with Crippen LogP contribution in [0.1, 0.15) is 40.8 Å². The number of H-pyrrole nitrogens is 1. The molecular weight excluding hydrogens is 330 g/mol. The molecule has 0 amide bonds. The summed E-state index contributed by atoms with van der Waals surface area (Å²) in [5.41, 5.74) is 7.16. The van der Waals surface area contributed by atoms with Crippen LogP contribution in [0, 0.1) is 32.5 Å². The van der Waals surface area contributed by atoms with Gasteiger partial charge in [0, 0.05) is 29.1 Å². The Bertz CT molecular complexity index is 1000. The highest BCUT2D eigenvalue weighted by molar-refractivity contribution is 7.71. The molecule has 1 aromatic carbocycles.